The van der Waals surface area contributed by atoms with E-state index in [1.807, 2.05) is 0 Å². The molecule has 0 aliphatic carbocycles. The van der Waals surface area contributed by atoms with Gasteiger partial charge in [0.25, 0.3) is 0 Å². The van der Waals surface area contributed by atoms with Gasteiger partial charge in [0.1, 0.15) is 0 Å². The van der Waals surface area contributed by atoms with Gasteiger partial charge in [0.05, 0.1) is 18.2 Å². The Morgan fingerprint density at radius 1 is 0.767 bits per heavy atom. The number of rotatable bonds is 6. The summed E-state index contributed by atoms with van der Waals surface area (Å²) in [5.41, 5.74) is 0.586. The molecule has 0 bridgehead atoms. The normalized spacial score (nSPS) is 20.3. The standard InChI is InChI=1S/C22H20O8/c1-26-21(25)17-13-16(28-19(23)14-9-5-3-6-10-14)18(22(27-2)29-17)30-20(24)15-11-7-4-8-12-15/h3-13,16,18,22H,1-2H3/t16-,18+,22+/m0/s1. The van der Waals surface area contributed by atoms with Gasteiger partial charge < -0.3 is 23.7 Å². The van der Waals surface area contributed by atoms with E-state index >= 15 is 0 Å². The summed E-state index contributed by atoms with van der Waals surface area (Å²) in [5, 5.41) is 0. The van der Waals surface area contributed by atoms with Crippen molar-refractivity contribution in [2.75, 3.05) is 14.2 Å². The summed E-state index contributed by atoms with van der Waals surface area (Å²) >= 11 is 0. The second-order valence-corrected chi connectivity index (χ2v) is 6.22. The van der Waals surface area contributed by atoms with E-state index in [0.717, 1.165) is 0 Å². The van der Waals surface area contributed by atoms with E-state index in [1.165, 1.54) is 20.3 Å². The summed E-state index contributed by atoms with van der Waals surface area (Å²) in [7, 11) is 2.49. The average Bonchev–Trinajstić information content (AvgIpc) is 2.80. The molecule has 2 aromatic carbocycles. The summed E-state index contributed by atoms with van der Waals surface area (Å²) in [6.45, 7) is 0. The molecule has 1 aliphatic rings. The van der Waals surface area contributed by atoms with E-state index in [-0.39, 0.29) is 5.76 Å². The second kappa shape index (κ2) is 9.71. The van der Waals surface area contributed by atoms with Gasteiger partial charge in [-0.1, -0.05) is 36.4 Å². The van der Waals surface area contributed by atoms with Crippen molar-refractivity contribution in [1.82, 2.24) is 0 Å². The Bertz CT molecular complexity index is 923. The number of esters is 3. The van der Waals surface area contributed by atoms with Gasteiger partial charge in [-0.2, -0.15) is 0 Å². The first-order chi connectivity index (χ1) is 14.5. The number of carbonyl (C=O) groups excluding carboxylic acids is 3. The van der Waals surface area contributed by atoms with Gasteiger partial charge in [0.15, 0.2) is 6.10 Å². The van der Waals surface area contributed by atoms with E-state index in [2.05, 4.69) is 4.74 Å². The van der Waals surface area contributed by atoms with Crippen molar-refractivity contribution in [3.8, 4) is 0 Å². The minimum Gasteiger partial charge on any atom is -0.463 e. The van der Waals surface area contributed by atoms with Gasteiger partial charge in [-0.25, -0.2) is 14.4 Å². The van der Waals surface area contributed by atoms with E-state index in [4.69, 9.17) is 18.9 Å². The number of hydrogen-bond acceptors (Lipinski definition) is 8. The first-order valence-electron chi connectivity index (χ1n) is 9.05. The van der Waals surface area contributed by atoms with Crippen LogP contribution in [0.4, 0.5) is 0 Å². The third-order valence-corrected chi connectivity index (χ3v) is 4.27. The molecule has 0 saturated carbocycles. The Balaban J connectivity index is 1.89. The molecule has 8 heteroatoms. The number of ether oxygens (including phenoxy) is 5. The zero-order chi connectivity index (χ0) is 21.5. The van der Waals surface area contributed by atoms with Crippen LogP contribution in [0.5, 0.6) is 0 Å². The van der Waals surface area contributed by atoms with E-state index in [0.29, 0.717) is 11.1 Å². The lowest BCUT2D eigenvalue weighted by Crippen LogP contribution is -2.48. The summed E-state index contributed by atoms with van der Waals surface area (Å²) in [4.78, 5) is 37.1. The summed E-state index contributed by atoms with van der Waals surface area (Å²) in [5.74, 6) is -2.34. The monoisotopic (exact) mass is 412 g/mol. The van der Waals surface area contributed by atoms with E-state index < -0.39 is 36.4 Å². The predicted molar refractivity (Wildman–Crippen MR) is 103 cm³/mol. The van der Waals surface area contributed by atoms with Crippen LogP contribution >= 0.6 is 0 Å². The van der Waals surface area contributed by atoms with Crippen LogP contribution in [0, 0.1) is 0 Å². The van der Waals surface area contributed by atoms with Crippen molar-refractivity contribution < 1.29 is 38.1 Å². The zero-order valence-electron chi connectivity index (χ0n) is 16.3. The molecule has 156 valence electrons. The van der Waals surface area contributed by atoms with Crippen LogP contribution in [-0.4, -0.2) is 50.6 Å². The van der Waals surface area contributed by atoms with Crippen LogP contribution in [0.3, 0.4) is 0 Å². The molecule has 0 saturated heterocycles. The lowest BCUT2D eigenvalue weighted by Gasteiger charge is -2.34. The number of carbonyl (C=O) groups is 3. The summed E-state index contributed by atoms with van der Waals surface area (Å²) < 4.78 is 26.4. The van der Waals surface area contributed by atoms with Gasteiger partial charge in [-0.05, 0) is 24.3 Å². The van der Waals surface area contributed by atoms with Crippen LogP contribution in [0.15, 0.2) is 72.5 Å². The zero-order valence-corrected chi connectivity index (χ0v) is 16.3. The largest absolute Gasteiger partial charge is 0.463 e. The molecule has 30 heavy (non-hydrogen) atoms. The number of hydrogen-bond donors (Lipinski definition) is 0. The molecular formula is C22H20O8. The second-order valence-electron chi connectivity index (χ2n) is 6.22. The topological polar surface area (TPSA) is 97.4 Å². The quantitative estimate of drug-likeness (QED) is 0.527. The Morgan fingerprint density at radius 3 is 1.80 bits per heavy atom. The average molecular weight is 412 g/mol. The number of benzene rings is 2. The maximum Gasteiger partial charge on any atom is 0.373 e. The van der Waals surface area contributed by atoms with Gasteiger partial charge >= 0.3 is 17.9 Å². The highest BCUT2D eigenvalue weighted by Crippen LogP contribution is 2.26. The van der Waals surface area contributed by atoms with Gasteiger partial charge in [-0.15, -0.1) is 0 Å². The smallest absolute Gasteiger partial charge is 0.373 e. The van der Waals surface area contributed by atoms with Gasteiger partial charge in [0, 0.05) is 13.2 Å². The molecule has 0 aromatic heterocycles. The molecule has 0 radical (unpaired) electrons. The molecule has 0 fully saturated rings. The van der Waals surface area contributed by atoms with Crippen molar-refractivity contribution in [2.24, 2.45) is 0 Å². The molecule has 0 unspecified atom stereocenters. The van der Waals surface area contributed by atoms with Gasteiger partial charge in [0.2, 0.25) is 18.2 Å². The summed E-state index contributed by atoms with van der Waals surface area (Å²) in [6, 6.07) is 16.6. The molecular weight excluding hydrogens is 392 g/mol. The van der Waals surface area contributed by atoms with Crippen LogP contribution in [0.2, 0.25) is 0 Å². The first-order valence-corrected chi connectivity index (χ1v) is 9.05. The van der Waals surface area contributed by atoms with E-state index in [9.17, 15) is 14.4 Å². The molecule has 8 nitrogen and oxygen atoms in total. The Kier molecular flexibility index (Phi) is 6.82. The third kappa shape index (κ3) is 4.84. The van der Waals surface area contributed by atoms with Gasteiger partial charge in [-0.3, -0.25) is 0 Å². The van der Waals surface area contributed by atoms with Crippen molar-refractivity contribution in [3.63, 3.8) is 0 Å². The third-order valence-electron chi connectivity index (χ3n) is 4.27. The fraction of sp³-hybridized carbons (Fsp3) is 0.227. The molecule has 1 aliphatic heterocycles. The van der Waals surface area contributed by atoms with Crippen molar-refractivity contribution in [1.29, 1.82) is 0 Å². The fourth-order valence-corrected chi connectivity index (χ4v) is 2.78. The number of methoxy groups -OCH3 is 2. The maximum absolute atomic E-state index is 12.6. The molecule has 0 amide bonds. The molecule has 1 heterocycles. The van der Waals surface area contributed by atoms with Crippen molar-refractivity contribution in [2.45, 2.75) is 18.5 Å². The van der Waals surface area contributed by atoms with Crippen molar-refractivity contribution >= 4 is 17.9 Å². The highest BCUT2D eigenvalue weighted by Gasteiger charge is 2.42. The van der Waals surface area contributed by atoms with Crippen LogP contribution in [-0.2, 0) is 28.5 Å². The lowest BCUT2D eigenvalue weighted by atomic mass is 10.1. The minimum atomic E-state index is -1.20. The Hall–Kier alpha value is -3.65. The Morgan fingerprint density at radius 2 is 1.30 bits per heavy atom. The van der Waals surface area contributed by atoms with Crippen LogP contribution in [0.1, 0.15) is 20.7 Å². The highest BCUT2D eigenvalue weighted by atomic mass is 16.7. The first kappa shape index (κ1) is 21.1. The molecule has 3 atom stereocenters. The SMILES string of the molecule is COC(=O)C1=C[C@H](OC(=O)c2ccccc2)[C@@H](OC(=O)c2ccccc2)[C@H](OC)O1. The van der Waals surface area contributed by atoms with Crippen LogP contribution in [0.25, 0.3) is 0 Å². The maximum atomic E-state index is 12.6. The molecule has 3 rings (SSSR count). The minimum absolute atomic E-state index is 0.220. The molecule has 0 spiro atoms. The fourth-order valence-electron chi connectivity index (χ4n) is 2.78. The predicted octanol–water partition coefficient (Wildman–Crippen LogP) is 2.50. The summed E-state index contributed by atoms with van der Waals surface area (Å²) in [6.07, 6.45) is -2.29. The molecule has 2 aromatic rings. The van der Waals surface area contributed by atoms with Crippen molar-refractivity contribution in [3.05, 3.63) is 83.6 Å². The Labute approximate surface area is 172 Å². The van der Waals surface area contributed by atoms with Crippen LogP contribution < -0.4 is 0 Å². The highest BCUT2D eigenvalue weighted by molar-refractivity contribution is 5.91. The lowest BCUT2D eigenvalue weighted by molar-refractivity contribution is -0.197. The molecule has 0 N–H and O–H groups in total. The van der Waals surface area contributed by atoms with E-state index in [1.54, 1.807) is 60.7 Å².